The molecule has 1 aliphatic heterocycles. The molecule has 2 aromatic rings. The topological polar surface area (TPSA) is 92.6 Å². The summed E-state index contributed by atoms with van der Waals surface area (Å²) in [5, 5.41) is 11.6. The third-order valence-electron chi connectivity index (χ3n) is 3.49. The van der Waals surface area contributed by atoms with Crippen LogP contribution in [0.3, 0.4) is 0 Å². The van der Waals surface area contributed by atoms with Crippen molar-refractivity contribution in [3.63, 3.8) is 0 Å². The Balaban J connectivity index is 1.75. The maximum atomic E-state index is 13.3. The van der Waals surface area contributed by atoms with Crippen LogP contribution in [0.5, 0.6) is 0 Å². The molecule has 1 fully saturated rings. The fraction of sp³-hybridized carbons (Fsp3) is 0. The molecule has 1 saturated heterocycles. The van der Waals surface area contributed by atoms with Crippen LogP contribution in [0.1, 0.15) is 15.9 Å². The number of halogens is 1. The van der Waals surface area contributed by atoms with E-state index in [1.807, 2.05) is 0 Å². The zero-order chi connectivity index (χ0) is 19.6. The minimum atomic E-state index is -0.645. The van der Waals surface area contributed by atoms with Crippen molar-refractivity contribution in [2.24, 2.45) is 0 Å². The lowest BCUT2D eigenvalue weighted by atomic mass is 10.2. The predicted octanol–water partition coefficient (Wildman–Crippen LogP) is 3.28. The van der Waals surface area contributed by atoms with Crippen molar-refractivity contribution in [1.82, 2.24) is 10.4 Å². The van der Waals surface area contributed by atoms with E-state index in [4.69, 9.17) is 12.2 Å². The molecule has 1 N–H and O–H groups in total. The average molecular weight is 403 g/mol. The highest BCUT2D eigenvalue weighted by Crippen LogP contribution is 2.31. The molecule has 1 heterocycles. The molecule has 0 atom stereocenters. The number of rotatable bonds is 4. The van der Waals surface area contributed by atoms with Gasteiger partial charge in [-0.3, -0.25) is 25.1 Å². The first-order chi connectivity index (χ1) is 12.8. The van der Waals surface area contributed by atoms with Crippen LogP contribution in [0.25, 0.3) is 6.08 Å². The molecule has 0 aliphatic carbocycles. The number of carbonyl (C=O) groups is 2. The lowest BCUT2D eigenvalue weighted by molar-refractivity contribution is -0.384. The molecule has 27 heavy (non-hydrogen) atoms. The third-order valence-corrected chi connectivity index (χ3v) is 4.80. The summed E-state index contributed by atoms with van der Waals surface area (Å²) in [6, 6.07) is 10.6. The molecular formula is C17H10FN3O4S2. The number of nitro groups is 1. The first-order valence-corrected chi connectivity index (χ1v) is 8.66. The summed E-state index contributed by atoms with van der Waals surface area (Å²) in [6.45, 7) is 0. The lowest BCUT2D eigenvalue weighted by Crippen LogP contribution is -2.44. The van der Waals surface area contributed by atoms with Gasteiger partial charge in [-0.25, -0.2) is 4.39 Å². The van der Waals surface area contributed by atoms with E-state index in [0.717, 1.165) is 16.8 Å². The summed E-state index contributed by atoms with van der Waals surface area (Å²) in [4.78, 5) is 35.0. The number of amides is 2. The number of nitrogens with zero attached hydrogens (tertiary/aromatic N) is 2. The van der Waals surface area contributed by atoms with Crippen molar-refractivity contribution in [2.45, 2.75) is 0 Å². The third kappa shape index (κ3) is 4.18. The molecule has 2 aromatic carbocycles. The summed E-state index contributed by atoms with van der Waals surface area (Å²) in [5.74, 6) is -1.64. The average Bonchev–Trinajstić information content (AvgIpc) is 2.89. The van der Waals surface area contributed by atoms with E-state index >= 15 is 0 Å². The molecule has 2 amide bonds. The van der Waals surface area contributed by atoms with Crippen LogP contribution in [0.15, 0.2) is 53.4 Å². The Morgan fingerprint density at radius 2 is 1.96 bits per heavy atom. The fourth-order valence-electron chi connectivity index (χ4n) is 2.21. The van der Waals surface area contributed by atoms with Gasteiger partial charge in [-0.05, 0) is 48.1 Å². The van der Waals surface area contributed by atoms with Gasteiger partial charge in [0.1, 0.15) is 5.82 Å². The molecule has 3 rings (SSSR count). The van der Waals surface area contributed by atoms with Crippen LogP contribution >= 0.6 is 24.0 Å². The van der Waals surface area contributed by atoms with Crippen LogP contribution in [0.2, 0.25) is 0 Å². The molecule has 7 nitrogen and oxygen atoms in total. The van der Waals surface area contributed by atoms with E-state index < -0.39 is 22.6 Å². The van der Waals surface area contributed by atoms with E-state index in [-0.39, 0.29) is 20.5 Å². The van der Waals surface area contributed by atoms with Gasteiger partial charge in [0.2, 0.25) is 0 Å². The number of thiocarbonyl (C=S) groups is 1. The summed E-state index contributed by atoms with van der Waals surface area (Å²) in [7, 11) is 0. The number of hydrogen-bond acceptors (Lipinski definition) is 6. The number of non-ortho nitro benzene ring substituents is 1. The van der Waals surface area contributed by atoms with Gasteiger partial charge in [0.05, 0.1) is 9.83 Å². The molecule has 0 radical (unpaired) electrons. The normalized spacial score (nSPS) is 15.3. The van der Waals surface area contributed by atoms with Crippen LogP contribution in [0, 0.1) is 15.9 Å². The van der Waals surface area contributed by atoms with E-state index in [0.29, 0.717) is 5.56 Å². The van der Waals surface area contributed by atoms with Gasteiger partial charge in [0, 0.05) is 17.7 Å². The Labute approximate surface area is 162 Å². The van der Waals surface area contributed by atoms with Crippen LogP contribution < -0.4 is 5.43 Å². The Kier molecular flexibility index (Phi) is 5.28. The van der Waals surface area contributed by atoms with Crippen LogP contribution in [-0.2, 0) is 4.79 Å². The lowest BCUT2D eigenvalue weighted by Gasteiger charge is -2.15. The molecule has 136 valence electrons. The predicted molar refractivity (Wildman–Crippen MR) is 102 cm³/mol. The van der Waals surface area contributed by atoms with E-state index in [1.54, 1.807) is 6.07 Å². The second-order valence-electron chi connectivity index (χ2n) is 5.32. The van der Waals surface area contributed by atoms with Crippen molar-refractivity contribution < 1.29 is 18.9 Å². The fourth-order valence-corrected chi connectivity index (χ4v) is 3.39. The maximum absolute atomic E-state index is 13.3. The summed E-state index contributed by atoms with van der Waals surface area (Å²) in [6.07, 6.45) is 1.47. The Morgan fingerprint density at radius 3 is 2.59 bits per heavy atom. The smallest absolute Gasteiger partial charge is 0.267 e. The molecular weight excluding hydrogens is 393 g/mol. The highest BCUT2D eigenvalue weighted by atomic mass is 32.2. The molecule has 1 aliphatic rings. The van der Waals surface area contributed by atoms with Gasteiger partial charge in [-0.2, -0.15) is 5.01 Å². The molecule has 0 saturated carbocycles. The minimum Gasteiger partial charge on any atom is -0.267 e. The van der Waals surface area contributed by atoms with E-state index in [9.17, 15) is 24.1 Å². The van der Waals surface area contributed by atoms with Gasteiger partial charge in [0.25, 0.3) is 17.5 Å². The maximum Gasteiger partial charge on any atom is 0.285 e. The molecule has 0 spiro atoms. The number of hydrogen-bond donors (Lipinski definition) is 1. The van der Waals surface area contributed by atoms with Crippen LogP contribution in [0.4, 0.5) is 10.1 Å². The second kappa shape index (κ2) is 7.64. The van der Waals surface area contributed by atoms with Crippen molar-refractivity contribution in [3.8, 4) is 0 Å². The summed E-state index contributed by atoms with van der Waals surface area (Å²) < 4.78 is 13.4. The van der Waals surface area contributed by atoms with Crippen molar-refractivity contribution >= 4 is 51.9 Å². The van der Waals surface area contributed by atoms with E-state index in [1.165, 1.54) is 48.5 Å². The standard InChI is InChI=1S/C17H10FN3O4S2/c18-12-3-1-2-10(8-12)9-14-16(23)20(17(26)27-14)19-15(22)11-4-6-13(7-5-11)21(24)25/h1-9H,(H,19,22). The van der Waals surface area contributed by atoms with Gasteiger partial charge in [-0.15, -0.1) is 0 Å². The number of nitrogens with one attached hydrogen (secondary N) is 1. The minimum absolute atomic E-state index is 0.109. The van der Waals surface area contributed by atoms with Crippen molar-refractivity contribution in [3.05, 3.63) is 80.5 Å². The largest absolute Gasteiger partial charge is 0.285 e. The summed E-state index contributed by atoms with van der Waals surface area (Å²) in [5.41, 5.74) is 2.82. The SMILES string of the molecule is O=C(NN1C(=O)C(=Cc2cccc(F)c2)SC1=S)c1ccc([N+](=O)[O-])cc1. The zero-order valence-electron chi connectivity index (χ0n) is 13.4. The Morgan fingerprint density at radius 1 is 1.26 bits per heavy atom. The highest BCUT2D eigenvalue weighted by Gasteiger charge is 2.33. The monoisotopic (exact) mass is 403 g/mol. The number of hydrazine groups is 1. The van der Waals surface area contributed by atoms with Gasteiger partial charge >= 0.3 is 0 Å². The molecule has 0 aromatic heterocycles. The Hall–Kier alpha value is -3.11. The molecule has 0 unspecified atom stereocenters. The summed E-state index contributed by atoms with van der Waals surface area (Å²) >= 11 is 6.08. The van der Waals surface area contributed by atoms with Crippen molar-refractivity contribution in [2.75, 3.05) is 0 Å². The number of thioether (sulfide) groups is 1. The first kappa shape index (κ1) is 18.7. The van der Waals surface area contributed by atoms with Gasteiger partial charge < -0.3 is 0 Å². The first-order valence-electron chi connectivity index (χ1n) is 7.44. The van der Waals surface area contributed by atoms with E-state index in [2.05, 4.69) is 5.43 Å². The highest BCUT2D eigenvalue weighted by molar-refractivity contribution is 8.26. The quantitative estimate of drug-likeness (QED) is 0.365. The van der Waals surface area contributed by atoms with Gasteiger partial charge in [0.15, 0.2) is 4.32 Å². The molecule has 10 heteroatoms. The molecule has 0 bridgehead atoms. The number of carbonyl (C=O) groups excluding carboxylic acids is 2. The second-order valence-corrected chi connectivity index (χ2v) is 6.99. The number of nitro benzene ring substituents is 1. The van der Waals surface area contributed by atoms with Gasteiger partial charge in [-0.1, -0.05) is 23.9 Å². The number of benzene rings is 2. The zero-order valence-corrected chi connectivity index (χ0v) is 15.1. The Bertz CT molecular complexity index is 992. The van der Waals surface area contributed by atoms with Crippen LogP contribution in [-0.4, -0.2) is 26.1 Å². The van der Waals surface area contributed by atoms with Crippen molar-refractivity contribution in [1.29, 1.82) is 0 Å².